The molecule has 108 valence electrons. The standard InChI is InChI=1S/C14H21N5O/c15-17-13-4-5-16-9-12(13)14(20)19-8-2-7-18-6-1-3-11(18)10-19/h4-5,9,11H,1-3,6-8,10,15H2,(H,16,17). The van der Waals surface area contributed by atoms with Crippen molar-refractivity contribution in [3.63, 3.8) is 0 Å². The maximum Gasteiger partial charge on any atom is 0.257 e. The van der Waals surface area contributed by atoms with Crippen molar-refractivity contribution in [2.45, 2.75) is 25.3 Å². The number of hydrogen-bond donors (Lipinski definition) is 2. The summed E-state index contributed by atoms with van der Waals surface area (Å²) in [5, 5.41) is 0. The van der Waals surface area contributed by atoms with Gasteiger partial charge < -0.3 is 10.3 Å². The van der Waals surface area contributed by atoms with E-state index in [1.165, 1.54) is 19.4 Å². The second-order valence-electron chi connectivity index (χ2n) is 5.50. The largest absolute Gasteiger partial charge is 0.337 e. The number of aromatic nitrogens is 1. The Morgan fingerprint density at radius 3 is 3.05 bits per heavy atom. The average Bonchev–Trinajstić information content (AvgIpc) is 2.83. The van der Waals surface area contributed by atoms with Gasteiger partial charge in [0.05, 0.1) is 11.3 Å². The number of hydrogen-bond acceptors (Lipinski definition) is 5. The molecule has 2 saturated heterocycles. The van der Waals surface area contributed by atoms with Crippen molar-refractivity contribution in [2.24, 2.45) is 5.84 Å². The van der Waals surface area contributed by atoms with Gasteiger partial charge in [-0.2, -0.15) is 0 Å². The number of nitrogens with one attached hydrogen (secondary N) is 1. The van der Waals surface area contributed by atoms with Gasteiger partial charge in [-0.25, -0.2) is 0 Å². The molecule has 0 aliphatic carbocycles. The summed E-state index contributed by atoms with van der Waals surface area (Å²) in [5.74, 6) is 5.51. The number of anilines is 1. The Balaban J connectivity index is 1.79. The first-order valence-corrected chi connectivity index (χ1v) is 7.23. The van der Waals surface area contributed by atoms with Crippen molar-refractivity contribution in [1.82, 2.24) is 14.8 Å². The molecule has 6 nitrogen and oxygen atoms in total. The van der Waals surface area contributed by atoms with Gasteiger partial charge in [0, 0.05) is 38.1 Å². The van der Waals surface area contributed by atoms with Gasteiger partial charge in [0.1, 0.15) is 0 Å². The van der Waals surface area contributed by atoms with E-state index in [0.29, 0.717) is 17.3 Å². The molecule has 2 fully saturated rings. The topological polar surface area (TPSA) is 74.5 Å². The molecule has 6 heteroatoms. The molecular formula is C14H21N5O. The average molecular weight is 275 g/mol. The maximum absolute atomic E-state index is 12.7. The molecule has 0 radical (unpaired) electrons. The van der Waals surface area contributed by atoms with Crippen LogP contribution in [0.5, 0.6) is 0 Å². The molecule has 20 heavy (non-hydrogen) atoms. The van der Waals surface area contributed by atoms with Crippen LogP contribution >= 0.6 is 0 Å². The molecule has 1 aromatic heterocycles. The van der Waals surface area contributed by atoms with Crippen LogP contribution in [0, 0.1) is 0 Å². The Morgan fingerprint density at radius 1 is 1.35 bits per heavy atom. The van der Waals surface area contributed by atoms with Gasteiger partial charge in [0.2, 0.25) is 0 Å². The number of hydrazine groups is 1. The zero-order valence-electron chi connectivity index (χ0n) is 11.6. The Hall–Kier alpha value is -1.66. The van der Waals surface area contributed by atoms with E-state index in [4.69, 9.17) is 5.84 Å². The highest BCUT2D eigenvalue weighted by atomic mass is 16.2. The van der Waals surface area contributed by atoms with Gasteiger partial charge in [0.15, 0.2) is 0 Å². The zero-order chi connectivity index (χ0) is 13.9. The lowest BCUT2D eigenvalue weighted by molar-refractivity contribution is 0.0744. The third-order valence-electron chi connectivity index (χ3n) is 4.30. The van der Waals surface area contributed by atoms with Crippen LogP contribution < -0.4 is 11.3 Å². The quantitative estimate of drug-likeness (QED) is 0.613. The highest BCUT2D eigenvalue weighted by molar-refractivity contribution is 5.99. The van der Waals surface area contributed by atoms with E-state index < -0.39 is 0 Å². The molecule has 3 N–H and O–H groups in total. The number of pyridine rings is 1. The Morgan fingerprint density at radius 2 is 2.20 bits per heavy atom. The SMILES string of the molecule is NNc1ccncc1C(=O)N1CCCN2CCCC2C1. The molecule has 1 aromatic rings. The molecular weight excluding hydrogens is 254 g/mol. The molecule has 0 aromatic carbocycles. The summed E-state index contributed by atoms with van der Waals surface area (Å²) >= 11 is 0. The highest BCUT2D eigenvalue weighted by Gasteiger charge is 2.31. The van der Waals surface area contributed by atoms with Gasteiger partial charge in [-0.1, -0.05) is 0 Å². The number of fused-ring (bicyclic) bond motifs is 1. The predicted octanol–water partition coefficient (Wildman–Crippen LogP) is 0.678. The summed E-state index contributed by atoms with van der Waals surface area (Å²) in [6.45, 7) is 3.90. The lowest BCUT2D eigenvalue weighted by Gasteiger charge is -2.26. The van der Waals surface area contributed by atoms with Crippen molar-refractivity contribution in [2.75, 3.05) is 31.6 Å². The number of carbonyl (C=O) groups is 1. The van der Waals surface area contributed by atoms with E-state index in [-0.39, 0.29) is 5.91 Å². The Kier molecular flexibility index (Phi) is 3.84. The summed E-state index contributed by atoms with van der Waals surface area (Å²) in [6, 6.07) is 2.25. The number of amides is 1. The van der Waals surface area contributed by atoms with E-state index in [1.807, 2.05) is 4.90 Å². The van der Waals surface area contributed by atoms with Crippen LogP contribution in [0.4, 0.5) is 5.69 Å². The molecule has 3 heterocycles. The van der Waals surface area contributed by atoms with E-state index >= 15 is 0 Å². The van der Waals surface area contributed by atoms with Gasteiger partial charge in [-0.05, 0) is 31.9 Å². The minimum atomic E-state index is 0.0276. The third-order valence-corrected chi connectivity index (χ3v) is 4.30. The first-order chi connectivity index (χ1) is 9.79. The summed E-state index contributed by atoms with van der Waals surface area (Å²) < 4.78 is 0. The number of nitrogens with zero attached hydrogens (tertiary/aromatic N) is 3. The molecule has 0 spiro atoms. The van der Waals surface area contributed by atoms with Crippen LogP contribution in [0.15, 0.2) is 18.5 Å². The van der Waals surface area contributed by atoms with E-state index in [0.717, 1.165) is 26.1 Å². The molecule has 0 bridgehead atoms. The molecule has 2 aliphatic rings. The van der Waals surface area contributed by atoms with Crippen LogP contribution in [0.3, 0.4) is 0 Å². The second kappa shape index (κ2) is 5.76. The summed E-state index contributed by atoms with van der Waals surface area (Å²) in [5.41, 5.74) is 3.77. The van der Waals surface area contributed by atoms with Crippen LogP contribution in [-0.2, 0) is 0 Å². The van der Waals surface area contributed by atoms with Crippen molar-refractivity contribution in [3.8, 4) is 0 Å². The lowest BCUT2D eigenvalue weighted by atomic mass is 10.1. The normalized spacial score (nSPS) is 23.2. The second-order valence-corrected chi connectivity index (χ2v) is 5.50. The van der Waals surface area contributed by atoms with Crippen LogP contribution in [0.2, 0.25) is 0 Å². The lowest BCUT2D eigenvalue weighted by Crippen LogP contribution is -2.40. The van der Waals surface area contributed by atoms with Gasteiger partial charge in [-0.3, -0.25) is 20.5 Å². The fourth-order valence-electron chi connectivity index (χ4n) is 3.25. The monoisotopic (exact) mass is 275 g/mol. The molecule has 1 unspecified atom stereocenters. The Bertz CT molecular complexity index is 492. The van der Waals surface area contributed by atoms with Crippen LogP contribution in [0.1, 0.15) is 29.6 Å². The van der Waals surface area contributed by atoms with Crippen molar-refractivity contribution in [3.05, 3.63) is 24.0 Å². The van der Waals surface area contributed by atoms with E-state index in [9.17, 15) is 4.79 Å². The Labute approximate surface area is 118 Å². The molecule has 2 aliphatic heterocycles. The minimum Gasteiger partial charge on any atom is -0.337 e. The van der Waals surface area contributed by atoms with Crippen molar-refractivity contribution in [1.29, 1.82) is 0 Å². The fourth-order valence-corrected chi connectivity index (χ4v) is 3.25. The van der Waals surface area contributed by atoms with Crippen molar-refractivity contribution < 1.29 is 4.79 Å². The van der Waals surface area contributed by atoms with Crippen LogP contribution in [0.25, 0.3) is 0 Å². The summed E-state index contributed by atoms with van der Waals surface area (Å²) in [6.07, 6.45) is 6.70. The number of carbonyl (C=O) groups excluding carboxylic acids is 1. The first-order valence-electron chi connectivity index (χ1n) is 7.23. The van der Waals surface area contributed by atoms with Crippen LogP contribution in [-0.4, -0.2) is 52.9 Å². The summed E-state index contributed by atoms with van der Waals surface area (Å²) in [4.78, 5) is 21.2. The highest BCUT2D eigenvalue weighted by Crippen LogP contribution is 2.23. The van der Waals surface area contributed by atoms with Gasteiger partial charge in [0.25, 0.3) is 5.91 Å². The maximum atomic E-state index is 12.7. The van der Waals surface area contributed by atoms with Gasteiger partial charge >= 0.3 is 0 Å². The summed E-state index contributed by atoms with van der Waals surface area (Å²) in [7, 11) is 0. The fraction of sp³-hybridized carbons (Fsp3) is 0.571. The number of rotatable bonds is 2. The molecule has 0 saturated carbocycles. The molecule has 3 rings (SSSR count). The van der Waals surface area contributed by atoms with Gasteiger partial charge in [-0.15, -0.1) is 0 Å². The zero-order valence-corrected chi connectivity index (χ0v) is 11.6. The van der Waals surface area contributed by atoms with E-state index in [1.54, 1.807) is 18.5 Å². The van der Waals surface area contributed by atoms with Crippen molar-refractivity contribution >= 4 is 11.6 Å². The number of nitrogen functional groups attached to an aromatic ring is 1. The smallest absolute Gasteiger partial charge is 0.257 e. The minimum absolute atomic E-state index is 0.0276. The van der Waals surface area contributed by atoms with E-state index in [2.05, 4.69) is 15.3 Å². The molecule has 1 amide bonds. The third kappa shape index (κ3) is 2.48. The number of nitrogens with two attached hydrogens (primary N) is 1. The first kappa shape index (κ1) is 13.3. The predicted molar refractivity (Wildman–Crippen MR) is 77.2 cm³/mol. The molecule has 1 atom stereocenters.